The lowest BCUT2D eigenvalue weighted by molar-refractivity contribution is 0.630. The number of nitrogens with one attached hydrogen (secondary N) is 1. The predicted octanol–water partition coefficient (Wildman–Crippen LogP) is 3.32. The average Bonchev–Trinajstić information content (AvgIpc) is 2.38. The molecule has 0 fully saturated rings. The molecule has 0 spiro atoms. The number of nitrogens with zero attached hydrogens (tertiary/aromatic N) is 3. The Hall–Kier alpha value is -2.10. The van der Waals surface area contributed by atoms with Gasteiger partial charge in [-0.2, -0.15) is 0 Å². The molecule has 4 nitrogen and oxygen atoms in total. The molecular formula is C16H22N4. The van der Waals surface area contributed by atoms with Crippen molar-refractivity contribution in [2.45, 2.75) is 32.9 Å². The van der Waals surface area contributed by atoms with Crippen molar-refractivity contribution in [3.8, 4) is 0 Å². The maximum atomic E-state index is 4.34. The minimum Gasteiger partial charge on any atom is -0.365 e. The van der Waals surface area contributed by atoms with Crippen molar-refractivity contribution in [2.75, 3.05) is 17.3 Å². The number of anilines is 2. The molecule has 4 heteroatoms. The van der Waals surface area contributed by atoms with Gasteiger partial charge >= 0.3 is 0 Å². The van der Waals surface area contributed by atoms with Gasteiger partial charge in [0.05, 0.1) is 0 Å². The van der Waals surface area contributed by atoms with E-state index < -0.39 is 0 Å². The van der Waals surface area contributed by atoms with Crippen LogP contribution in [0.1, 0.15) is 26.3 Å². The van der Waals surface area contributed by atoms with Gasteiger partial charge in [-0.15, -0.1) is 0 Å². The SMILES string of the molecule is CN(Cc1ccccc1)c1cc(NC(C)(C)C)ncn1. The highest BCUT2D eigenvalue weighted by Gasteiger charge is 2.11. The molecule has 0 bridgehead atoms. The van der Waals surface area contributed by atoms with Gasteiger partial charge in [0.15, 0.2) is 0 Å². The van der Waals surface area contributed by atoms with Gasteiger partial charge in [0, 0.05) is 25.2 Å². The van der Waals surface area contributed by atoms with Crippen molar-refractivity contribution in [3.05, 3.63) is 48.3 Å². The molecule has 0 aliphatic heterocycles. The van der Waals surface area contributed by atoms with E-state index >= 15 is 0 Å². The van der Waals surface area contributed by atoms with Crippen LogP contribution in [0.5, 0.6) is 0 Å². The molecule has 2 aromatic rings. The van der Waals surface area contributed by atoms with Crippen molar-refractivity contribution < 1.29 is 0 Å². The normalized spacial score (nSPS) is 11.2. The van der Waals surface area contributed by atoms with E-state index in [9.17, 15) is 0 Å². The Morgan fingerprint density at radius 3 is 2.45 bits per heavy atom. The monoisotopic (exact) mass is 270 g/mol. The molecule has 1 heterocycles. The van der Waals surface area contributed by atoms with E-state index in [1.54, 1.807) is 6.33 Å². The second-order valence-electron chi connectivity index (χ2n) is 5.98. The van der Waals surface area contributed by atoms with E-state index in [1.807, 2.05) is 19.2 Å². The number of hydrogen-bond acceptors (Lipinski definition) is 4. The first-order valence-electron chi connectivity index (χ1n) is 6.79. The van der Waals surface area contributed by atoms with Crippen LogP contribution in [0, 0.1) is 0 Å². The minimum atomic E-state index is -0.0103. The molecule has 1 aromatic heterocycles. The summed E-state index contributed by atoms with van der Waals surface area (Å²) in [7, 11) is 2.04. The summed E-state index contributed by atoms with van der Waals surface area (Å²) in [6.07, 6.45) is 1.60. The molecule has 0 saturated heterocycles. The fraction of sp³-hybridized carbons (Fsp3) is 0.375. The summed E-state index contributed by atoms with van der Waals surface area (Å²) in [5.74, 6) is 1.76. The highest BCUT2D eigenvalue weighted by molar-refractivity contribution is 5.49. The lowest BCUT2D eigenvalue weighted by Gasteiger charge is -2.23. The summed E-state index contributed by atoms with van der Waals surface area (Å²) in [5.41, 5.74) is 1.25. The summed E-state index contributed by atoms with van der Waals surface area (Å²) in [4.78, 5) is 10.7. The van der Waals surface area contributed by atoms with E-state index in [0.717, 1.165) is 18.2 Å². The number of benzene rings is 1. The van der Waals surface area contributed by atoms with Crippen LogP contribution >= 0.6 is 0 Å². The molecule has 1 aromatic carbocycles. The Balaban J connectivity index is 2.10. The zero-order chi connectivity index (χ0) is 14.6. The fourth-order valence-corrected chi connectivity index (χ4v) is 1.95. The first-order chi connectivity index (χ1) is 9.44. The second-order valence-corrected chi connectivity index (χ2v) is 5.98. The van der Waals surface area contributed by atoms with E-state index in [-0.39, 0.29) is 5.54 Å². The van der Waals surface area contributed by atoms with Crippen molar-refractivity contribution in [2.24, 2.45) is 0 Å². The van der Waals surface area contributed by atoms with Crippen LogP contribution in [-0.4, -0.2) is 22.6 Å². The van der Waals surface area contributed by atoms with Crippen molar-refractivity contribution in [1.82, 2.24) is 9.97 Å². The van der Waals surface area contributed by atoms with Gasteiger partial charge in [0.1, 0.15) is 18.0 Å². The Kier molecular flexibility index (Phi) is 4.23. The third-order valence-electron chi connectivity index (χ3n) is 2.81. The van der Waals surface area contributed by atoms with Gasteiger partial charge < -0.3 is 10.2 Å². The van der Waals surface area contributed by atoms with Crippen LogP contribution in [0.15, 0.2) is 42.7 Å². The van der Waals surface area contributed by atoms with Crippen molar-refractivity contribution in [3.63, 3.8) is 0 Å². The lowest BCUT2D eigenvalue weighted by Crippen LogP contribution is -2.27. The molecule has 20 heavy (non-hydrogen) atoms. The van der Waals surface area contributed by atoms with Gasteiger partial charge in [-0.1, -0.05) is 30.3 Å². The number of hydrogen-bond donors (Lipinski definition) is 1. The quantitative estimate of drug-likeness (QED) is 0.925. The maximum absolute atomic E-state index is 4.34. The van der Waals surface area contributed by atoms with Gasteiger partial charge in [0.25, 0.3) is 0 Å². The molecular weight excluding hydrogens is 248 g/mol. The van der Waals surface area contributed by atoms with Crippen molar-refractivity contribution >= 4 is 11.6 Å². The average molecular weight is 270 g/mol. The number of rotatable bonds is 4. The lowest BCUT2D eigenvalue weighted by atomic mass is 10.1. The topological polar surface area (TPSA) is 41.0 Å². The third kappa shape index (κ3) is 4.23. The van der Waals surface area contributed by atoms with Gasteiger partial charge in [0.2, 0.25) is 0 Å². The highest BCUT2D eigenvalue weighted by Crippen LogP contribution is 2.18. The van der Waals surface area contributed by atoms with Crippen LogP contribution in [0.2, 0.25) is 0 Å². The molecule has 2 rings (SSSR count). The zero-order valence-electron chi connectivity index (χ0n) is 12.6. The summed E-state index contributed by atoms with van der Waals surface area (Å²) in [5, 5.41) is 3.36. The Bertz CT molecular complexity index is 546. The molecule has 0 aliphatic carbocycles. The Morgan fingerprint density at radius 2 is 1.80 bits per heavy atom. The Morgan fingerprint density at radius 1 is 1.10 bits per heavy atom. The smallest absolute Gasteiger partial charge is 0.134 e. The largest absolute Gasteiger partial charge is 0.365 e. The van der Waals surface area contributed by atoms with E-state index in [2.05, 4.69) is 65.2 Å². The van der Waals surface area contributed by atoms with Crippen LogP contribution in [-0.2, 0) is 6.54 Å². The Labute approximate surface area is 120 Å². The second kappa shape index (κ2) is 5.90. The molecule has 0 radical (unpaired) electrons. The predicted molar refractivity (Wildman–Crippen MR) is 84.0 cm³/mol. The molecule has 0 aliphatic rings. The van der Waals surface area contributed by atoms with Crippen LogP contribution in [0.25, 0.3) is 0 Å². The standard InChI is InChI=1S/C16H22N4/c1-16(2,3)19-14-10-15(18-12-17-14)20(4)11-13-8-6-5-7-9-13/h5-10,12H,11H2,1-4H3,(H,17,18,19). The van der Waals surface area contributed by atoms with Crippen LogP contribution in [0.4, 0.5) is 11.6 Å². The molecule has 1 N–H and O–H groups in total. The summed E-state index contributed by atoms with van der Waals surface area (Å²) in [6, 6.07) is 12.3. The fourth-order valence-electron chi connectivity index (χ4n) is 1.95. The molecule has 106 valence electrons. The highest BCUT2D eigenvalue weighted by atomic mass is 15.2. The van der Waals surface area contributed by atoms with E-state index in [4.69, 9.17) is 0 Å². The third-order valence-corrected chi connectivity index (χ3v) is 2.81. The zero-order valence-corrected chi connectivity index (χ0v) is 12.6. The van der Waals surface area contributed by atoms with Gasteiger partial charge in [-0.25, -0.2) is 9.97 Å². The summed E-state index contributed by atoms with van der Waals surface area (Å²) >= 11 is 0. The minimum absolute atomic E-state index is 0.0103. The first-order valence-corrected chi connectivity index (χ1v) is 6.79. The molecule has 0 amide bonds. The number of aromatic nitrogens is 2. The van der Waals surface area contributed by atoms with Crippen LogP contribution in [0.3, 0.4) is 0 Å². The van der Waals surface area contributed by atoms with Crippen molar-refractivity contribution in [1.29, 1.82) is 0 Å². The molecule has 0 atom stereocenters. The first kappa shape index (κ1) is 14.3. The van der Waals surface area contributed by atoms with E-state index in [0.29, 0.717) is 0 Å². The summed E-state index contributed by atoms with van der Waals surface area (Å²) in [6.45, 7) is 7.17. The molecule has 0 unspecified atom stereocenters. The summed E-state index contributed by atoms with van der Waals surface area (Å²) < 4.78 is 0. The van der Waals surface area contributed by atoms with E-state index in [1.165, 1.54) is 5.56 Å². The van der Waals surface area contributed by atoms with Gasteiger partial charge in [-0.05, 0) is 26.3 Å². The van der Waals surface area contributed by atoms with Gasteiger partial charge in [-0.3, -0.25) is 0 Å². The van der Waals surface area contributed by atoms with Crippen LogP contribution < -0.4 is 10.2 Å². The molecule has 0 saturated carbocycles. The maximum Gasteiger partial charge on any atom is 0.134 e.